The Labute approximate surface area is 94.5 Å². The maximum absolute atomic E-state index is 8.84. The largest absolute Gasteiger partial charge is 0.384 e. The Morgan fingerprint density at radius 2 is 2.00 bits per heavy atom. The van der Waals surface area contributed by atoms with Crippen LogP contribution in [0.5, 0.6) is 0 Å². The van der Waals surface area contributed by atoms with E-state index in [1.807, 2.05) is 19.1 Å². The van der Waals surface area contributed by atoms with Crippen molar-refractivity contribution in [3.63, 3.8) is 0 Å². The molecule has 3 nitrogen and oxygen atoms in total. The summed E-state index contributed by atoms with van der Waals surface area (Å²) in [5, 5.41) is 8.84. The number of anilines is 1. The number of aromatic amines is 1. The molecule has 16 heavy (non-hydrogen) atoms. The molecule has 0 amide bonds. The number of aryl methyl sites for hydroxylation is 2. The summed E-state index contributed by atoms with van der Waals surface area (Å²) in [4.78, 5) is 3.03. The molecule has 0 saturated carbocycles. The zero-order valence-corrected chi connectivity index (χ0v) is 9.33. The Morgan fingerprint density at radius 3 is 2.56 bits per heavy atom. The third-order valence-electron chi connectivity index (χ3n) is 2.64. The predicted molar refractivity (Wildman–Crippen MR) is 64.8 cm³/mol. The van der Waals surface area contributed by atoms with Crippen LogP contribution >= 0.6 is 0 Å². The van der Waals surface area contributed by atoms with E-state index in [-0.39, 0.29) is 0 Å². The van der Waals surface area contributed by atoms with Gasteiger partial charge in [0.05, 0.1) is 5.56 Å². The topological polar surface area (TPSA) is 65.6 Å². The van der Waals surface area contributed by atoms with Gasteiger partial charge in [0.2, 0.25) is 0 Å². The van der Waals surface area contributed by atoms with Crippen molar-refractivity contribution in [2.75, 3.05) is 5.73 Å². The van der Waals surface area contributed by atoms with E-state index in [9.17, 15) is 0 Å². The highest BCUT2D eigenvalue weighted by molar-refractivity contribution is 5.70. The van der Waals surface area contributed by atoms with Gasteiger partial charge in [0.25, 0.3) is 0 Å². The summed E-state index contributed by atoms with van der Waals surface area (Å²) >= 11 is 0. The fraction of sp³-hybridized carbons (Fsp3) is 0.154. The van der Waals surface area contributed by atoms with Gasteiger partial charge in [-0.2, -0.15) is 5.26 Å². The van der Waals surface area contributed by atoms with Crippen LogP contribution in [0.3, 0.4) is 0 Å². The zero-order chi connectivity index (χ0) is 11.7. The van der Waals surface area contributed by atoms with Crippen molar-refractivity contribution in [1.82, 2.24) is 4.98 Å². The first kappa shape index (κ1) is 10.3. The summed E-state index contributed by atoms with van der Waals surface area (Å²) in [6.07, 6.45) is 0. The van der Waals surface area contributed by atoms with Gasteiger partial charge in [-0.1, -0.05) is 23.8 Å². The summed E-state index contributed by atoms with van der Waals surface area (Å²) in [6, 6.07) is 10.0. The molecule has 3 N–H and O–H groups in total. The fourth-order valence-electron chi connectivity index (χ4n) is 1.82. The second-order valence-electron chi connectivity index (χ2n) is 3.94. The quantitative estimate of drug-likeness (QED) is 0.761. The van der Waals surface area contributed by atoms with Crippen LogP contribution in [0.4, 0.5) is 5.82 Å². The highest BCUT2D eigenvalue weighted by Gasteiger charge is 2.08. The summed E-state index contributed by atoms with van der Waals surface area (Å²) in [5.41, 5.74) is 10.6. The molecule has 0 fully saturated rings. The highest BCUT2D eigenvalue weighted by atomic mass is 14.9. The molecular formula is C13H13N3. The molecule has 0 atom stereocenters. The lowest BCUT2D eigenvalue weighted by atomic mass is 10.0. The van der Waals surface area contributed by atoms with E-state index < -0.39 is 0 Å². The molecule has 0 bridgehead atoms. The molecule has 0 spiro atoms. The highest BCUT2D eigenvalue weighted by Crippen LogP contribution is 2.26. The number of aromatic nitrogens is 1. The van der Waals surface area contributed by atoms with Crippen LogP contribution in [0.15, 0.2) is 24.3 Å². The SMILES string of the molecule is Cc1ccc(-c2cc(C#N)c(N)[nH]2)c(C)c1. The van der Waals surface area contributed by atoms with Gasteiger partial charge in [0.15, 0.2) is 0 Å². The number of nitrogen functional groups attached to an aromatic ring is 1. The smallest absolute Gasteiger partial charge is 0.119 e. The number of hydrogen-bond donors (Lipinski definition) is 2. The van der Waals surface area contributed by atoms with Crippen LogP contribution in [0, 0.1) is 25.2 Å². The van der Waals surface area contributed by atoms with Crippen molar-refractivity contribution in [2.24, 2.45) is 0 Å². The zero-order valence-electron chi connectivity index (χ0n) is 9.33. The molecule has 0 aliphatic rings. The van der Waals surface area contributed by atoms with Crippen LogP contribution < -0.4 is 5.73 Å². The average molecular weight is 211 g/mol. The van der Waals surface area contributed by atoms with Gasteiger partial charge in [-0.15, -0.1) is 0 Å². The maximum atomic E-state index is 8.84. The van der Waals surface area contributed by atoms with E-state index >= 15 is 0 Å². The monoisotopic (exact) mass is 211 g/mol. The molecule has 0 radical (unpaired) electrons. The molecule has 3 heteroatoms. The third kappa shape index (κ3) is 1.66. The van der Waals surface area contributed by atoms with Crippen molar-refractivity contribution < 1.29 is 0 Å². The van der Waals surface area contributed by atoms with E-state index in [2.05, 4.69) is 24.0 Å². The molecule has 1 heterocycles. The van der Waals surface area contributed by atoms with Gasteiger partial charge in [0.1, 0.15) is 11.9 Å². The number of hydrogen-bond acceptors (Lipinski definition) is 2. The van der Waals surface area contributed by atoms with Crippen molar-refractivity contribution in [3.05, 3.63) is 41.0 Å². The van der Waals surface area contributed by atoms with Crippen molar-refractivity contribution in [3.8, 4) is 17.3 Å². The predicted octanol–water partition coefficient (Wildman–Crippen LogP) is 2.75. The summed E-state index contributed by atoms with van der Waals surface area (Å²) in [5.74, 6) is 0.428. The fourth-order valence-corrected chi connectivity index (χ4v) is 1.82. The molecule has 0 saturated heterocycles. The molecule has 1 aromatic heterocycles. The second-order valence-corrected chi connectivity index (χ2v) is 3.94. The van der Waals surface area contributed by atoms with E-state index in [1.165, 1.54) is 11.1 Å². The lowest BCUT2D eigenvalue weighted by molar-refractivity contribution is 1.34. The molecule has 2 aromatic rings. The first-order valence-corrected chi connectivity index (χ1v) is 5.08. The standard InChI is InChI=1S/C13H13N3/c1-8-3-4-11(9(2)5-8)12-6-10(7-14)13(15)16-12/h3-6,16H,15H2,1-2H3. The van der Waals surface area contributed by atoms with Crippen molar-refractivity contribution in [1.29, 1.82) is 5.26 Å². The molecule has 0 aliphatic heterocycles. The number of H-pyrrole nitrogens is 1. The van der Waals surface area contributed by atoms with E-state index in [0.717, 1.165) is 11.3 Å². The van der Waals surface area contributed by atoms with Crippen LogP contribution in [0.1, 0.15) is 16.7 Å². The molecule has 80 valence electrons. The minimum absolute atomic E-state index is 0.428. The lowest BCUT2D eigenvalue weighted by Crippen LogP contribution is -1.88. The Morgan fingerprint density at radius 1 is 1.25 bits per heavy atom. The van der Waals surface area contributed by atoms with Gasteiger partial charge in [-0.3, -0.25) is 0 Å². The van der Waals surface area contributed by atoms with Crippen LogP contribution in [-0.2, 0) is 0 Å². The molecule has 0 aliphatic carbocycles. The second kappa shape index (κ2) is 3.74. The van der Waals surface area contributed by atoms with E-state index in [4.69, 9.17) is 11.0 Å². The maximum Gasteiger partial charge on any atom is 0.119 e. The van der Waals surface area contributed by atoms with E-state index in [1.54, 1.807) is 6.07 Å². The Kier molecular flexibility index (Phi) is 2.41. The van der Waals surface area contributed by atoms with Crippen LogP contribution in [-0.4, -0.2) is 4.98 Å². The van der Waals surface area contributed by atoms with Gasteiger partial charge >= 0.3 is 0 Å². The summed E-state index contributed by atoms with van der Waals surface area (Å²) < 4.78 is 0. The van der Waals surface area contributed by atoms with Crippen molar-refractivity contribution in [2.45, 2.75) is 13.8 Å². The van der Waals surface area contributed by atoms with Gasteiger partial charge in [-0.25, -0.2) is 0 Å². The Bertz CT molecular complexity index is 573. The summed E-state index contributed by atoms with van der Waals surface area (Å²) in [7, 11) is 0. The van der Waals surface area contributed by atoms with Gasteiger partial charge < -0.3 is 10.7 Å². The van der Waals surface area contributed by atoms with Gasteiger partial charge in [0, 0.05) is 11.3 Å². The molecule has 2 rings (SSSR count). The van der Waals surface area contributed by atoms with Crippen LogP contribution in [0.25, 0.3) is 11.3 Å². The Balaban J connectivity index is 2.55. The van der Waals surface area contributed by atoms with Gasteiger partial charge in [-0.05, 0) is 25.5 Å². The van der Waals surface area contributed by atoms with Crippen molar-refractivity contribution >= 4 is 5.82 Å². The average Bonchev–Trinajstić information content (AvgIpc) is 2.59. The number of nitrogens with two attached hydrogens (primary N) is 1. The molecule has 0 unspecified atom stereocenters. The number of nitriles is 1. The number of rotatable bonds is 1. The normalized spacial score (nSPS) is 10.1. The molecular weight excluding hydrogens is 198 g/mol. The first-order chi connectivity index (χ1) is 7.61. The minimum atomic E-state index is 0.428. The number of nitrogens with one attached hydrogen (secondary N) is 1. The van der Waals surface area contributed by atoms with Crippen LogP contribution in [0.2, 0.25) is 0 Å². The minimum Gasteiger partial charge on any atom is -0.384 e. The third-order valence-corrected chi connectivity index (χ3v) is 2.64. The lowest BCUT2D eigenvalue weighted by Gasteiger charge is -2.04. The number of benzene rings is 1. The Hall–Kier alpha value is -2.21. The number of nitrogens with zero attached hydrogens (tertiary/aromatic N) is 1. The van der Waals surface area contributed by atoms with E-state index in [0.29, 0.717) is 11.4 Å². The summed E-state index contributed by atoms with van der Waals surface area (Å²) in [6.45, 7) is 4.10. The first-order valence-electron chi connectivity index (χ1n) is 5.08. The molecule has 1 aromatic carbocycles.